The molecule has 0 aliphatic carbocycles. The van der Waals surface area contributed by atoms with Crippen molar-refractivity contribution < 1.29 is 57.8 Å². The Balaban J connectivity index is 2.01. The van der Waals surface area contributed by atoms with Gasteiger partial charge in [0.05, 0.1) is 26.8 Å². The van der Waals surface area contributed by atoms with Crippen LogP contribution in [0.2, 0.25) is 0 Å². The third kappa shape index (κ3) is 27.8. The second-order valence-corrected chi connectivity index (χ2v) is 21.9. The highest BCUT2D eigenvalue weighted by Gasteiger charge is 2.39. The number of carbonyl (C=O) groups is 10. The number of aliphatic hydroxyl groups excluding tert-OH is 1. The van der Waals surface area contributed by atoms with Crippen molar-refractivity contribution in [1.29, 1.82) is 0 Å². The van der Waals surface area contributed by atoms with Crippen molar-refractivity contribution in [3.05, 3.63) is 12.2 Å². The number of likely N-dealkylation sites (tertiary alicyclic amines) is 1. The van der Waals surface area contributed by atoms with E-state index in [-0.39, 0.29) is 68.3 Å². The predicted molar refractivity (Wildman–Crippen MR) is 292 cm³/mol. The SMILES string of the molecule is CCCCCCCCCCCCCCCCSC[C@H](NC(=O)CNC(=O)CCCCCN1C(=O)C=CC1=O)C(=O)N[C@@H](CCSC)C(=O)NCC(=O)N[C@@H](CC(C)C)C(=O)N1CCC[C@H]1C(=O)N[C@@H](CO)C(=O)OC. The molecule has 1 saturated heterocycles. The summed E-state index contributed by atoms with van der Waals surface area (Å²) >= 11 is 2.96. The van der Waals surface area contributed by atoms with Gasteiger partial charge in [0.1, 0.15) is 24.2 Å². The van der Waals surface area contributed by atoms with Crippen LogP contribution in [-0.2, 0) is 52.7 Å². The van der Waals surface area contributed by atoms with Gasteiger partial charge in [0.25, 0.3) is 11.8 Å². The molecule has 20 nitrogen and oxygen atoms in total. The van der Waals surface area contributed by atoms with E-state index in [0.717, 1.165) is 37.0 Å². The third-order valence-corrected chi connectivity index (χ3v) is 14.8. The zero-order valence-electron chi connectivity index (χ0n) is 45.5. The lowest BCUT2D eigenvalue weighted by atomic mass is 10.0. The van der Waals surface area contributed by atoms with Crippen LogP contribution in [0.5, 0.6) is 0 Å². The summed E-state index contributed by atoms with van der Waals surface area (Å²) in [6, 6.07) is -5.46. The molecular weight excluding hydrogens is 1000 g/mol. The van der Waals surface area contributed by atoms with Crippen molar-refractivity contribution in [2.45, 2.75) is 192 Å². The van der Waals surface area contributed by atoms with Gasteiger partial charge >= 0.3 is 5.97 Å². The van der Waals surface area contributed by atoms with Gasteiger partial charge in [-0.05, 0) is 68.6 Å². The predicted octanol–water partition coefficient (Wildman–Crippen LogP) is 3.81. The lowest BCUT2D eigenvalue weighted by molar-refractivity contribution is -0.148. The number of hydrogen-bond acceptors (Lipinski definition) is 14. The topological polar surface area (TPSA) is 279 Å². The molecule has 7 N–H and O–H groups in total. The number of thioether (sulfide) groups is 2. The van der Waals surface area contributed by atoms with Gasteiger partial charge in [-0.3, -0.25) is 48.1 Å². The van der Waals surface area contributed by atoms with Crippen molar-refractivity contribution in [2.24, 2.45) is 5.92 Å². The van der Waals surface area contributed by atoms with Crippen molar-refractivity contribution in [2.75, 3.05) is 63.4 Å². The maximum Gasteiger partial charge on any atom is 0.330 e. The smallest absolute Gasteiger partial charge is 0.330 e. The van der Waals surface area contributed by atoms with E-state index in [1.807, 2.05) is 20.1 Å². The largest absolute Gasteiger partial charge is 0.467 e. The van der Waals surface area contributed by atoms with Crippen LogP contribution in [-0.4, -0.2) is 168 Å². The number of amides is 9. The van der Waals surface area contributed by atoms with Gasteiger partial charge in [-0.15, -0.1) is 0 Å². The second kappa shape index (κ2) is 39.6. The second-order valence-electron chi connectivity index (χ2n) is 19.8. The molecule has 0 saturated carbocycles. The molecule has 75 heavy (non-hydrogen) atoms. The van der Waals surface area contributed by atoms with Crippen molar-refractivity contribution >= 4 is 82.7 Å². The number of esters is 1. The number of carbonyl (C=O) groups excluding carboxylic acids is 10. The lowest BCUT2D eigenvalue weighted by Gasteiger charge is -2.30. The summed E-state index contributed by atoms with van der Waals surface area (Å²) in [4.78, 5) is 132. The molecule has 0 radical (unpaired) electrons. The maximum atomic E-state index is 14.0. The highest BCUT2D eigenvalue weighted by Crippen LogP contribution is 2.21. The number of aliphatic hydroxyl groups is 1. The summed E-state index contributed by atoms with van der Waals surface area (Å²) in [6.07, 6.45) is 24.5. The number of methoxy groups -OCH3 is 1. The molecule has 2 rings (SSSR count). The van der Waals surface area contributed by atoms with Gasteiger partial charge in [-0.25, -0.2) is 4.79 Å². The number of nitrogens with zero attached hydrogens (tertiary/aromatic N) is 2. The molecule has 0 aromatic heterocycles. The number of ether oxygens (including phenoxy) is 1. The van der Waals surface area contributed by atoms with Crippen molar-refractivity contribution in [3.8, 4) is 0 Å². The van der Waals surface area contributed by atoms with Crippen LogP contribution in [0.25, 0.3) is 0 Å². The van der Waals surface area contributed by atoms with E-state index in [1.165, 1.54) is 111 Å². The van der Waals surface area contributed by atoms with Crippen LogP contribution < -0.4 is 31.9 Å². The van der Waals surface area contributed by atoms with Crippen LogP contribution >= 0.6 is 23.5 Å². The fourth-order valence-electron chi connectivity index (χ4n) is 8.78. The van der Waals surface area contributed by atoms with Gasteiger partial charge in [-0.2, -0.15) is 23.5 Å². The Hall–Kier alpha value is -4.70. The van der Waals surface area contributed by atoms with E-state index in [9.17, 15) is 53.1 Å². The molecule has 0 aromatic carbocycles. The highest BCUT2D eigenvalue weighted by molar-refractivity contribution is 7.99. The minimum absolute atomic E-state index is 0.0579. The highest BCUT2D eigenvalue weighted by atomic mass is 32.2. The third-order valence-electron chi connectivity index (χ3n) is 13.0. The zero-order chi connectivity index (χ0) is 55.4. The minimum atomic E-state index is -1.31. The van der Waals surface area contributed by atoms with Gasteiger partial charge in [0.15, 0.2) is 6.04 Å². The van der Waals surface area contributed by atoms with Crippen LogP contribution in [0.15, 0.2) is 12.2 Å². The molecule has 2 aliphatic rings. The Morgan fingerprint density at radius 3 is 1.83 bits per heavy atom. The van der Waals surface area contributed by atoms with Crippen molar-refractivity contribution in [3.63, 3.8) is 0 Å². The molecular formula is C53H90N8O12S2. The first-order chi connectivity index (χ1) is 36.1. The number of hydrogen-bond donors (Lipinski definition) is 7. The molecule has 2 aliphatic heterocycles. The number of nitrogens with one attached hydrogen (secondary N) is 6. The fraction of sp³-hybridized carbons (Fsp3) is 0.774. The van der Waals surface area contributed by atoms with E-state index in [2.05, 4.69) is 43.6 Å². The van der Waals surface area contributed by atoms with E-state index in [0.29, 0.717) is 37.9 Å². The molecule has 0 bridgehead atoms. The molecule has 0 unspecified atom stereocenters. The molecule has 426 valence electrons. The van der Waals surface area contributed by atoms with E-state index < -0.39 is 84.8 Å². The van der Waals surface area contributed by atoms with Crippen LogP contribution in [0.3, 0.4) is 0 Å². The Bertz CT molecular complexity index is 1820. The average molecular weight is 1100 g/mol. The molecule has 5 atom stereocenters. The summed E-state index contributed by atoms with van der Waals surface area (Å²) in [6.45, 7) is 4.83. The first-order valence-electron chi connectivity index (χ1n) is 27.4. The Labute approximate surface area is 454 Å². The standard InChI is InChI=1S/C53H90N8O12S2/c1-6-7-8-9-10-11-12-13-14-15-16-17-18-22-31-75-37-42(57-45(64)34-54-44(63)25-20-19-21-29-61-47(66)26-27-48(61)67)50(69)58-39(28-32-74-5)49(68)55-35-46(65)56-40(33-38(2)3)52(71)60-30-23-24-43(60)51(70)59-41(36-62)53(72)73-4/h26-27,38-43,62H,6-25,28-37H2,1-5H3,(H,54,63)(H,55,68)(H,56,65)(H,57,64)(H,58,69)(H,59,70)/t39-,40-,41-,42-,43-/m0/s1. The summed E-state index contributed by atoms with van der Waals surface area (Å²) < 4.78 is 4.64. The molecule has 9 amide bonds. The van der Waals surface area contributed by atoms with Gasteiger partial charge in [0, 0.05) is 37.4 Å². The lowest BCUT2D eigenvalue weighted by Crippen LogP contribution is -2.57. The van der Waals surface area contributed by atoms with Gasteiger partial charge in [0.2, 0.25) is 41.4 Å². The summed E-state index contributed by atoms with van der Waals surface area (Å²) in [7, 11) is 1.12. The van der Waals surface area contributed by atoms with Crippen molar-refractivity contribution in [1.82, 2.24) is 41.7 Å². The molecule has 0 spiro atoms. The molecule has 1 fully saturated rings. The van der Waals surface area contributed by atoms with Gasteiger partial charge < -0.3 is 46.6 Å². The summed E-state index contributed by atoms with van der Waals surface area (Å²) in [5.74, 6) is -4.24. The average Bonchev–Trinajstić information content (AvgIpc) is 4.01. The quantitative estimate of drug-likeness (QED) is 0.0260. The fourth-order valence-corrected chi connectivity index (χ4v) is 10.3. The summed E-state index contributed by atoms with van der Waals surface area (Å²) in [5, 5.41) is 25.4. The normalized spacial score (nSPS) is 15.8. The zero-order valence-corrected chi connectivity index (χ0v) is 47.1. The first-order valence-corrected chi connectivity index (χ1v) is 29.9. The molecule has 0 aromatic rings. The monoisotopic (exact) mass is 1090 g/mol. The van der Waals surface area contributed by atoms with Gasteiger partial charge in [-0.1, -0.05) is 111 Å². The Morgan fingerprint density at radius 1 is 0.680 bits per heavy atom. The Morgan fingerprint density at radius 2 is 1.25 bits per heavy atom. The molecule has 22 heteroatoms. The number of imide groups is 1. The van der Waals surface area contributed by atoms with Crippen LogP contribution in [0.4, 0.5) is 0 Å². The minimum Gasteiger partial charge on any atom is -0.467 e. The summed E-state index contributed by atoms with van der Waals surface area (Å²) in [5.41, 5.74) is 0. The van der Waals surface area contributed by atoms with E-state index >= 15 is 0 Å². The van der Waals surface area contributed by atoms with Crippen LogP contribution in [0, 0.1) is 5.92 Å². The number of rotatable bonds is 42. The first kappa shape index (κ1) is 66.4. The van der Waals surface area contributed by atoms with Crippen LogP contribution in [0.1, 0.15) is 162 Å². The van der Waals surface area contributed by atoms with E-state index in [4.69, 9.17) is 0 Å². The molecule has 2 heterocycles. The Kier molecular flexibility index (Phi) is 35.1. The van der Waals surface area contributed by atoms with E-state index in [1.54, 1.807) is 0 Å². The number of unbranched alkanes of at least 4 members (excludes halogenated alkanes) is 15. The maximum absolute atomic E-state index is 14.0.